The molecule has 3 rings (SSSR count). The second-order valence-electron chi connectivity index (χ2n) is 7.36. The fraction of sp³-hybridized carbons (Fsp3) is 0.125. The molecule has 1 amide bonds. The Hall–Kier alpha value is -3.17. The van der Waals surface area contributed by atoms with E-state index in [1.54, 1.807) is 11.4 Å². The van der Waals surface area contributed by atoms with Crippen LogP contribution in [0.2, 0.25) is 5.02 Å². The minimum Gasteiger partial charge on any atom is -0.342 e. The lowest BCUT2D eigenvalue weighted by Gasteiger charge is -2.17. The van der Waals surface area contributed by atoms with Gasteiger partial charge in [0.15, 0.2) is 0 Å². The molecule has 3 aromatic carbocycles. The van der Waals surface area contributed by atoms with Gasteiger partial charge in [-0.1, -0.05) is 48.5 Å². The predicted octanol–water partition coefficient (Wildman–Crippen LogP) is 6.11. The molecule has 178 valence electrons. The molecule has 0 aliphatic carbocycles. The SMILES string of the molecule is C=C(c1ccccc1F)c1cc(Cl)ccc1S(=O)(=O)c1ccc([C@H](C)NC(=O)C(F)(F)F)cc1. The summed E-state index contributed by atoms with van der Waals surface area (Å²) in [4.78, 5) is 10.8. The van der Waals surface area contributed by atoms with Crippen LogP contribution in [0.25, 0.3) is 5.57 Å². The maximum Gasteiger partial charge on any atom is 0.471 e. The molecule has 0 saturated heterocycles. The summed E-state index contributed by atoms with van der Waals surface area (Å²) in [5, 5.41) is 2.02. The second kappa shape index (κ2) is 9.60. The first-order valence-corrected chi connectivity index (χ1v) is 11.6. The van der Waals surface area contributed by atoms with E-state index in [0.29, 0.717) is 0 Å². The van der Waals surface area contributed by atoms with E-state index < -0.39 is 33.8 Å². The Morgan fingerprint density at radius 1 is 1.00 bits per heavy atom. The molecule has 0 saturated carbocycles. The van der Waals surface area contributed by atoms with Gasteiger partial charge in [-0.25, -0.2) is 12.8 Å². The highest BCUT2D eigenvalue weighted by Gasteiger charge is 2.39. The van der Waals surface area contributed by atoms with E-state index in [1.807, 2.05) is 0 Å². The minimum atomic E-state index is -5.04. The smallest absolute Gasteiger partial charge is 0.342 e. The second-order valence-corrected chi connectivity index (χ2v) is 9.72. The van der Waals surface area contributed by atoms with Gasteiger partial charge in [0.2, 0.25) is 9.84 Å². The molecule has 10 heteroatoms. The third-order valence-electron chi connectivity index (χ3n) is 5.05. The van der Waals surface area contributed by atoms with Crippen molar-refractivity contribution in [1.29, 1.82) is 0 Å². The summed E-state index contributed by atoms with van der Waals surface area (Å²) in [5.74, 6) is -2.69. The van der Waals surface area contributed by atoms with Gasteiger partial charge in [0, 0.05) is 16.1 Å². The van der Waals surface area contributed by atoms with Gasteiger partial charge in [0.1, 0.15) is 5.82 Å². The lowest BCUT2D eigenvalue weighted by atomic mass is 9.99. The molecule has 3 aromatic rings. The third-order valence-corrected chi connectivity index (χ3v) is 7.11. The van der Waals surface area contributed by atoms with E-state index >= 15 is 0 Å². The summed E-state index contributed by atoms with van der Waals surface area (Å²) in [6.45, 7) is 5.19. The Morgan fingerprint density at radius 3 is 2.21 bits per heavy atom. The topological polar surface area (TPSA) is 63.2 Å². The monoisotopic (exact) mass is 511 g/mol. The molecule has 1 atom stereocenters. The van der Waals surface area contributed by atoms with Gasteiger partial charge < -0.3 is 5.32 Å². The van der Waals surface area contributed by atoms with Gasteiger partial charge in [-0.3, -0.25) is 4.79 Å². The lowest BCUT2D eigenvalue weighted by Crippen LogP contribution is -2.38. The van der Waals surface area contributed by atoms with Crippen molar-refractivity contribution in [2.45, 2.75) is 28.9 Å². The van der Waals surface area contributed by atoms with E-state index in [2.05, 4.69) is 6.58 Å². The van der Waals surface area contributed by atoms with Crippen molar-refractivity contribution < 1.29 is 30.8 Å². The lowest BCUT2D eigenvalue weighted by molar-refractivity contribution is -0.174. The highest BCUT2D eigenvalue weighted by atomic mass is 35.5. The number of carbonyl (C=O) groups excluding carboxylic acids is 1. The first-order valence-electron chi connectivity index (χ1n) is 9.79. The molecule has 0 aliphatic rings. The molecule has 0 fully saturated rings. The average Bonchev–Trinajstić information content (AvgIpc) is 2.78. The van der Waals surface area contributed by atoms with Crippen LogP contribution in [0.1, 0.15) is 29.7 Å². The highest BCUT2D eigenvalue weighted by Crippen LogP contribution is 2.34. The number of sulfone groups is 1. The molecule has 4 nitrogen and oxygen atoms in total. The summed E-state index contributed by atoms with van der Waals surface area (Å²) in [6.07, 6.45) is -5.04. The summed E-state index contributed by atoms with van der Waals surface area (Å²) >= 11 is 6.07. The first kappa shape index (κ1) is 25.5. The van der Waals surface area contributed by atoms with Gasteiger partial charge in [0.05, 0.1) is 15.8 Å². The Morgan fingerprint density at radius 2 is 1.62 bits per heavy atom. The van der Waals surface area contributed by atoms with Crippen molar-refractivity contribution in [2.75, 3.05) is 0 Å². The van der Waals surface area contributed by atoms with Gasteiger partial charge in [0.25, 0.3) is 0 Å². The zero-order chi connectivity index (χ0) is 25.3. The van der Waals surface area contributed by atoms with Crippen LogP contribution in [0.4, 0.5) is 17.6 Å². The predicted molar refractivity (Wildman–Crippen MR) is 120 cm³/mol. The maximum absolute atomic E-state index is 14.3. The molecule has 34 heavy (non-hydrogen) atoms. The van der Waals surface area contributed by atoms with Crippen LogP contribution < -0.4 is 5.32 Å². The molecule has 0 unspecified atom stereocenters. The number of alkyl halides is 3. The minimum absolute atomic E-state index is 0.103. The Labute approximate surface area is 198 Å². The van der Waals surface area contributed by atoms with E-state index in [9.17, 15) is 30.8 Å². The largest absolute Gasteiger partial charge is 0.471 e. The molecule has 0 aromatic heterocycles. The van der Waals surface area contributed by atoms with Crippen LogP contribution in [-0.4, -0.2) is 20.5 Å². The zero-order valence-corrected chi connectivity index (χ0v) is 19.2. The molecular weight excluding hydrogens is 494 g/mol. The highest BCUT2D eigenvalue weighted by molar-refractivity contribution is 7.91. The van der Waals surface area contributed by atoms with Crippen molar-refractivity contribution >= 4 is 32.9 Å². The van der Waals surface area contributed by atoms with Crippen molar-refractivity contribution in [3.63, 3.8) is 0 Å². The Balaban J connectivity index is 1.98. The van der Waals surface area contributed by atoms with Gasteiger partial charge >= 0.3 is 12.1 Å². The number of amides is 1. The molecule has 0 aliphatic heterocycles. The standard InChI is InChI=1S/C24H18ClF4NO3S/c1-14(19-5-3-4-6-21(19)26)20-13-17(25)9-12-22(20)34(32,33)18-10-7-16(8-11-18)15(2)30-23(31)24(27,28)29/h3-13,15H,1H2,2H3,(H,30,31)/t15-/m0/s1. The van der Waals surface area contributed by atoms with Crippen molar-refractivity contribution in [2.24, 2.45) is 0 Å². The third kappa shape index (κ3) is 5.31. The van der Waals surface area contributed by atoms with Gasteiger partial charge in [-0.05, 0) is 54.5 Å². The van der Waals surface area contributed by atoms with Crippen molar-refractivity contribution in [3.8, 4) is 0 Å². The van der Waals surface area contributed by atoms with Crippen LogP contribution in [0.3, 0.4) is 0 Å². The summed E-state index contributed by atoms with van der Waals surface area (Å²) in [6, 6.07) is 13.8. The number of halogens is 5. The maximum atomic E-state index is 14.3. The Bertz CT molecular complexity index is 1350. The summed E-state index contributed by atoms with van der Waals surface area (Å²) in [7, 11) is -4.15. The van der Waals surface area contributed by atoms with Crippen LogP contribution in [0.5, 0.6) is 0 Å². The summed E-state index contributed by atoms with van der Waals surface area (Å²) < 4.78 is 78.5. The Kier molecular flexibility index (Phi) is 7.18. The normalized spacial score (nSPS) is 12.8. The molecule has 0 spiro atoms. The van der Waals surface area contributed by atoms with E-state index in [-0.39, 0.29) is 37.1 Å². The molecule has 0 bridgehead atoms. The van der Waals surface area contributed by atoms with Crippen molar-refractivity contribution in [3.05, 3.63) is 101 Å². The van der Waals surface area contributed by atoms with Crippen LogP contribution in [-0.2, 0) is 14.6 Å². The number of carbonyl (C=O) groups is 1. The fourth-order valence-electron chi connectivity index (χ4n) is 3.25. The van der Waals surface area contributed by atoms with E-state index in [1.165, 1.54) is 67.6 Å². The number of nitrogens with one attached hydrogen (secondary N) is 1. The first-order chi connectivity index (χ1) is 15.8. The summed E-state index contributed by atoms with van der Waals surface area (Å²) in [5.41, 5.74) is 0.584. The van der Waals surface area contributed by atoms with E-state index in [0.717, 1.165) is 0 Å². The molecular formula is C24H18ClF4NO3S. The molecule has 1 N–H and O–H groups in total. The number of hydrogen-bond donors (Lipinski definition) is 1. The van der Waals surface area contributed by atoms with E-state index in [4.69, 9.17) is 11.6 Å². The molecule has 0 radical (unpaired) electrons. The average molecular weight is 512 g/mol. The number of benzene rings is 3. The fourth-order valence-corrected chi connectivity index (χ4v) is 4.89. The van der Waals surface area contributed by atoms with Crippen LogP contribution in [0.15, 0.2) is 83.1 Å². The van der Waals surface area contributed by atoms with Crippen molar-refractivity contribution in [1.82, 2.24) is 5.32 Å². The number of hydrogen-bond acceptors (Lipinski definition) is 3. The quantitative estimate of drug-likeness (QED) is 0.406. The van der Waals surface area contributed by atoms with Crippen LogP contribution >= 0.6 is 11.6 Å². The van der Waals surface area contributed by atoms with Gasteiger partial charge in [-0.15, -0.1) is 0 Å². The number of rotatable bonds is 6. The van der Waals surface area contributed by atoms with Crippen LogP contribution in [0, 0.1) is 5.82 Å². The molecule has 0 heterocycles. The zero-order valence-electron chi connectivity index (χ0n) is 17.7. The van der Waals surface area contributed by atoms with Gasteiger partial charge in [-0.2, -0.15) is 13.2 Å².